The molecule has 0 N–H and O–H groups in total. The average Bonchev–Trinajstić information content (AvgIpc) is 3.46. The maximum atomic E-state index is 13.5. The summed E-state index contributed by atoms with van der Waals surface area (Å²) in [6.07, 6.45) is 1.70. The van der Waals surface area contributed by atoms with Gasteiger partial charge in [0, 0.05) is 28.9 Å². The van der Waals surface area contributed by atoms with Gasteiger partial charge in [0.1, 0.15) is 5.76 Å². The van der Waals surface area contributed by atoms with Gasteiger partial charge in [-0.1, -0.05) is 42.5 Å². The van der Waals surface area contributed by atoms with E-state index in [-0.39, 0.29) is 17.1 Å². The lowest BCUT2D eigenvalue weighted by molar-refractivity contribution is 0.0990. The van der Waals surface area contributed by atoms with Gasteiger partial charge in [-0.25, -0.2) is 0 Å². The van der Waals surface area contributed by atoms with Gasteiger partial charge in [-0.2, -0.15) is 0 Å². The molecule has 0 fully saturated rings. The van der Waals surface area contributed by atoms with Crippen molar-refractivity contribution in [1.29, 1.82) is 0 Å². The smallest absolute Gasteiger partial charge is 0.197 e. The van der Waals surface area contributed by atoms with E-state index >= 15 is 0 Å². The van der Waals surface area contributed by atoms with Crippen molar-refractivity contribution in [1.82, 2.24) is 4.57 Å². The van der Waals surface area contributed by atoms with Crippen LogP contribution < -0.4 is 0 Å². The predicted molar refractivity (Wildman–Crippen MR) is 138 cm³/mol. The molecule has 0 unspecified atom stereocenters. The number of aryl methyl sites for hydroxylation is 1. The number of hydrogen-bond donors (Lipinski definition) is 0. The standard InChI is InChI=1S/C31H19NO3/c1-18-11-28-29(35-18)17-24(32(28)23-9-3-2-4-10-23)16-27-30(33)25-14-21-12-19-7-5-6-8-20(19)13-22(21)15-26(25)31(27)34/h2-17H,1H3. The Morgan fingerprint density at radius 3 is 1.91 bits per heavy atom. The molecule has 4 nitrogen and oxygen atoms in total. The van der Waals surface area contributed by atoms with Crippen molar-refractivity contribution in [3.63, 3.8) is 0 Å². The monoisotopic (exact) mass is 453 g/mol. The van der Waals surface area contributed by atoms with E-state index in [9.17, 15) is 9.59 Å². The van der Waals surface area contributed by atoms with Crippen LogP contribution in [0.1, 0.15) is 32.2 Å². The number of allylic oxidation sites excluding steroid dienone is 1. The van der Waals surface area contributed by atoms with E-state index < -0.39 is 0 Å². The highest BCUT2D eigenvalue weighted by Crippen LogP contribution is 2.35. The molecule has 0 bridgehead atoms. The van der Waals surface area contributed by atoms with Gasteiger partial charge in [-0.3, -0.25) is 9.59 Å². The molecule has 1 aliphatic rings. The molecule has 0 saturated carbocycles. The fraction of sp³-hybridized carbons (Fsp3) is 0.0323. The fourth-order valence-corrected chi connectivity index (χ4v) is 5.15. The minimum Gasteiger partial charge on any atom is -0.460 e. The molecule has 1 aliphatic carbocycles. The Bertz CT molecular complexity index is 1810. The minimum absolute atomic E-state index is 0.175. The maximum absolute atomic E-state index is 13.5. The summed E-state index contributed by atoms with van der Waals surface area (Å²) in [5.74, 6) is 0.320. The van der Waals surface area contributed by atoms with Gasteiger partial charge in [0.2, 0.25) is 0 Å². The summed E-state index contributed by atoms with van der Waals surface area (Å²) in [7, 11) is 0. The number of nitrogens with zero attached hydrogens (tertiary/aromatic N) is 1. The van der Waals surface area contributed by atoms with Crippen LogP contribution in [0.2, 0.25) is 0 Å². The van der Waals surface area contributed by atoms with Crippen LogP contribution >= 0.6 is 0 Å². The number of hydrogen-bond acceptors (Lipinski definition) is 3. The number of para-hydroxylation sites is 1. The Labute approximate surface area is 200 Å². The third-order valence-electron chi connectivity index (χ3n) is 6.77. The van der Waals surface area contributed by atoms with E-state index in [4.69, 9.17) is 4.42 Å². The van der Waals surface area contributed by atoms with Crippen molar-refractivity contribution >= 4 is 50.3 Å². The summed E-state index contributed by atoms with van der Waals surface area (Å²) in [6.45, 7) is 1.90. The summed E-state index contributed by atoms with van der Waals surface area (Å²) in [5.41, 5.74) is 4.36. The zero-order valence-corrected chi connectivity index (χ0v) is 18.9. The highest BCUT2D eigenvalue weighted by atomic mass is 16.3. The second-order valence-electron chi connectivity index (χ2n) is 9.01. The first-order chi connectivity index (χ1) is 17.1. The van der Waals surface area contributed by atoms with Crippen molar-refractivity contribution in [2.45, 2.75) is 6.92 Å². The zero-order chi connectivity index (χ0) is 23.7. The third-order valence-corrected chi connectivity index (χ3v) is 6.77. The summed E-state index contributed by atoms with van der Waals surface area (Å²) in [4.78, 5) is 26.9. The van der Waals surface area contributed by atoms with Gasteiger partial charge < -0.3 is 8.98 Å². The SMILES string of the molecule is Cc1cc2c(cc(C=C3C(=O)c4cc5cc6ccccc6cc5cc4C3=O)n2-c2ccccc2)o1. The third kappa shape index (κ3) is 2.93. The average molecular weight is 453 g/mol. The maximum Gasteiger partial charge on any atom is 0.197 e. The van der Waals surface area contributed by atoms with E-state index in [2.05, 4.69) is 24.3 Å². The Morgan fingerprint density at radius 1 is 0.686 bits per heavy atom. The molecule has 6 aromatic rings. The van der Waals surface area contributed by atoms with Gasteiger partial charge in [-0.05, 0) is 70.9 Å². The first-order valence-electron chi connectivity index (χ1n) is 11.5. The Kier molecular flexibility index (Phi) is 4.03. The molecule has 0 atom stereocenters. The lowest BCUT2D eigenvalue weighted by atomic mass is 9.99. The van der Waals surface area contributed by atoms with Gasteiger partial charge >= 0.3 is 0 Å². The molecule has 35 heavy (non-hydrogen) atoms. The van der Waals surface area contributed by atoms with Crippen LogP contribution in [0.25, 0.3) is 44.4 Å². The molecule has 7 rings (SSSR count). The van der Waals surface area contributed by atoms with Gasteiger partial charge in [0.25, 0.3) is 0 Å². The number of fused-ring (bicyclic) bond motifs is 4. The summed E-state index contributed by atoms with van der Waals surface area (Å²) < 4.78 is 7.88. The van der Waals surface area contributed by atoms with E-state index in [0.717, 1.165) is 44.2 Å². The Balaban J connectivity index is 1.41. The van der Waals surface area contributed by atoms with Crippen molar-refractivity contribution in [2.75, 3.05) is 0 Å². The van der Waals surface area contributed by atoms with E-state index in [1.54, 1.807) is 6.08 Å². The quantitative estimate of drug-likeness (QED) is 0.157. The molecule has 4 heteroatoms. The van der Waals surface area contributed by atoms with E-state index in [1.165, 1.54) is 0 Å². The highest BCUT2D eigenvalue weighted by molar-refractivity contribution is 6.42. The summed E-state index contributed by atoms with van der Waals surface area (Å²) in [5, 5.41) is 4.10. The van der Waals surface area contributed by atoms with Crippen LogP contribution in [0.3, 0.4) is 0 Å². The summed E-state index contributed by atoms with van der Waals surface area (Å²) >= 11 is 0. The second-order valence-corrected chi connectivity index (χ2v) is 9.01. The van der Waals surface area contributed by atoms with Crippen LogP contribution in [0, 0.1) is 6.92 Å². The molecular weight excluding hydrogens is 434 g/mol. The normalized spacial score (nSPS) is 13.3. The molecule has 2 aromatic heterocycles. The number of ketones is 2. The molecule has 2 heterocycles. The van der Waals surface area contributed by atoms with Crippen LogP contribution in [-0.4, -0.2) is 16.1 Å². The van der Waals surface area contributed by atoms with Crippen molar-refractivity contribution in [3.8, 4) is 5.69 Å². The van der Waals surface area contributed by atoms with Gasteiger partial charge in [0.15, 0.2) is 17.1 Å². The lowest BCUT2D eigenvalue weighted by Gasteiger charge is -2.07. The fourth-order valence-electron chi connectivity index (χ4n) is 5.15. The van der Waals surface area contributed by atoms with Crippen LogP contribution in [0.4, 0.5) is 0 Å². The number of aromatic nitrogens is 1. The number of carbonyl (C=O) groups excluding carboxylic acids is 2. The first-order valence-corrected chi connectivity index (χ1v) is 11.5. The molecule has 0 saturated heterocycles. The highest BCUT2D eigenvalue weighted by Gasteiger charge is 2.34. The zero-order valence-electron chi connectivity index (χ0n) is 18.9. The number of Topliss-reactive ketones (excluding diaryl/α,β-unsaturated/α-hetero) is 2. The molecule has 0 amide bonds. The largest absolute Gasteiger partial charge is 0.460 e. The minimum atomic E-state index is -0.242. The molecule has 0 spiro atoms. The molecule has 0 radical (unpaired) electrons. The van der Waals surface area contributed by atoms with Crippen molar-refractivity contribution in [2.24, 2.45) is 0 Å². The molecule has 0 aliphatic heterocycles. The van der Waals surface area contributed by atoms with E-state index in [1.807, 2.05) is 78.2 Å². The topological polar surface area (TPSA) is 52.2 Å². The van der Waals surface area contributed by atoms with Crippen molar-refractivity contribution < 1.29 is 14.0 Å². The second kappa shape index (κ2) is 7.15. The molecular formula is C31H19NO3. The van der Waals surface area contributed by atoms with E-state index in [0.29, 0.717) is 16.7 Å². The number of furan rings is 1. The van der Waals surface area contributed by atoms with Gasteiger partial charge in [0.05, 0.1) is 16.8 Å². The van der Waals surface area contributed by atoms with Crippen LogP contribution in [0.5, 0.6) is 0 Å². The van der Waals surface area contributed by atoms with Crippen LogP contribution in [0.15, 0.2) is 101 Å². The number of carbonyl (C=O) groups is 2. The summed E-state index contributed by atoms with van der Waals surface area (Å²) in [6, 6.07) is 29.7. The number of benzene rings is 4. The Hall–Kier alpha value is -4.70. The molecule has 4 aromatic carbocycles. The number of rotatable bonds is 2. The Morgan fingerprint density at radius 2 is 1.29 bits per heavy atom. The van der Waals surface area contributed by atoms with Crippen LogP contribution in [-0.2, 0) is 0 Å². The lowest BCUT2D eigenvalue weighted by Crippen LogP contribution is -2.02. The van der Waals surface area contributed by atoms with Gasteiger partial charge in [-0.15, -0.1) is 0 Å². The van der Waals surface area contributed by atoms with Crippen molar-refractivity contribution in [3.05, 3.63) is 119 Å². The first kappa shape index (κ1) is 19.7. The predicted octanol–water partition coefficient (Wildman–Crippen LogP) is 7.30. The molecule has 166 valence electrons.